The zero-order valence-electron chi connectivity index (χ0n) is 11.7. The Balaban J connectivity index is 1.64. The number of aromatic nitrogens is 3. The van der Waals surface area contributed by atoms with Crippen LogP contribution in [0.15, 0.2) is 36.5 Å². The first-order chi connectivity index (χ1) is 9.88. The molecule has 0 saturated heterocycles. The Kier molecular flexibility index (Phi) is 6.05. The van der Waals surface area contributed by atoms with E-state index in [1.807, 2.05) is 41.2 Å². The number of benzene rings is 1. The molecule has 0 unspecified atom stereocenters. The molecule has 2 N–H and O–H groups in total. The van der Waals surface area contributed by atoms with Gasteiger partial charge in [-0.1, -0.05) is 23.4 Å². The standard InChI is InChI=1S/C15H22N4O/c16-10-5-4-7-14-13-19(18-17-14)11-6-12-20-15-8-2-1-3-9-15/h1-3,8-9,13H,4-7,10-12,16H2. The third-order valence-corrected chi connectivity index (χ3v) is 3.02. The van der Waals surface area contributed by atoms with Gasteiger partial charge in [-0.25, -0.2) is 0 Å². The molecule has 0 aliphatic rings. The van der Waals surface area contributed by atoms with E-state index in [0.29, 0.717) is 6.61 Å². The summed E-state index contributed by atoms with van der Waals surface area (Å²) >= 11 is 0. The normalized spacial score (nSPS) is 10.7. The molecule has 5 nitrogen and oxygen atoms in total. The molecule has 1 aromatic heterocycles. The summed E-state index contributed by atoms with van der Waals surface area (Å²) in [4.78, 5) is 0. The lowest BCUT2D eigenvalue weighted by atomic mass is 10.2. The van der Waals surface area contributed by atoms with Crippen LogP contribution in [0.1, 0.15) is 25.0 Å². The second-order valence-corrected chi connectivity index (χ2v) is 4.73. The van der Waals surface area contributed by atoms with Crippen LogP contribution in [0.2, 0.25) is 0 Å². The van der Waals surface area contributed by atoms with Crippen LogP contribution in [-0.4, -0.2) is 28.1 Å². The van der Waals surface area contributed by atoms with Crippen molar-refractivity contribution in [1.82, 2.24) is 15.0 Å². The smallest absolute Gasteiger partial charge is 0.119 e. The number of rotatable bonds is 9. The summed E-state index contributed by atoms with van der Waals surface area (Å²) in [6.07, 6.45) is 6.00. The minimum atomic E-state index is 0.687. The molecule has 0 spiro atoms. The van der Waals surface area contributed by atoms with Crippen LogP contribution < -0.4 is 10.5 Å². The highest BCUT2D eigenvalue weighted by Gasteiger charge is 2.00. The largest absolute Gasteiger partial charge is 0.494 e. The second-order valence-electron chi connectivity index (χ2n) is 4.73. The number of ether oxygens (including phenoxy) is 1. The molecule has 0 fully saturated rings. The Morgan fingerprint density at radius 2 is 1.95 bits per heavy atom. The molecule has 0 saturated carbocycles. The van der Waals surface area contributed by atoms with E-state index >= 15 is 0 Å². The first kappa shape index (κ1) is 14.5. The zero-order chi connectivity index (χ0) is 14.0. The topological polar surface area (TPSA) is 66.0 Å². The molecular formula is C15H22N4O. The lowest BCUT2D eigenvalue weighted by Gasteiger charge is -2.05. The van der Waals surface area contributed by atoms with Crippen molar-refractivity contribution in [3.63, 3.8) is 0 Å². The molecule has 5 heteroatoms. The number of para-hydroxylation sites is 1. The molecular weight excluding hydrogens is 252 g/mol. The lowest BCUT2D eigenvalue weighted by molar-refractivity contribution is 0.298. The fourth-order valence-electron chi connectivity index (χ4n) is 1.95. The Hall–Kier alpha value is -1.88. The molecule has 0 atom stereocenters. The third-order valence-electron chi connectivity index (χ3n) is 3.02. The van der Waals surface area contributed by atoms with Gasteiger partial charge in [0.15, 0.2) is 0 Å². The quantitative estimate of drug-likeness (QED) is 0.711. The zero-order valence-corrected chi connectivity index (χ0v) is 11.7. The highest BCUT2D eigenvalue weighted by Crippen LogP contribution is 2.08. The van der Waals surface area contributed by atoms with Crippen molar-refractivity contribution in [2.75, 3.05) is 13.2 Å². The van der Waals surface area contributed by atoms with Gasteiger partial charge < -0.3 is 10.5 Å². The maximum atomic E-state index is 5.64. The van der Waals surface area contributed by atoms with Gasteiger partial charge in [0, 0.05) is 19.2 Å². The highest BCUT2D eigenvalue weighted by atomic mass is 16.5. The van der Waals surface area contributed by atoms with Gasteiger partial charge in [-0.2, -0.15) is 0 Å². The molecule has 2 rings (SSSR count). The Morgan fingerprint density at radius 1 is 1.10 bits per heavy atom. The van der Waals surface area contributed by atoms with E-state index in [1.54, 1.807) is 0 Å². The first-order valence-corrected chi connectivity index (χ1v) is 7.15. The molecule has 1 heterocycles. The molecule has 2 aromatic rings. The van der Waals surface area contributed by atoms with Crippen LogP contribution in [-0.2, 0) is 13.0 Å². The summed E-state index contributed by atoms with van der Waals surface area (Å²) in [5, 5.41) is 8.28. The molecule has 0 aliphatic heterocycles. The first-order valence-electron chi connectivity index (χ1n) is 7.15. The molecule has 0 bridgehead atoms. The number of nitrogens with zero attached hydrogens (tertiary/aromatic N) is 3. The molecule has 20 heavy (non-hydrogen) atoms. The van der Waals surface area contributed by atoms with Gasteiger partial charge in [0.2, 0.25) is 0 Å². The van der Waals surface area contributed by atoms with Gasteiger partial charge in [-0.05, 0) is 37.9 Å². The summed E-state index contributed by atoms with van der Waals surface area (Å²) in [6.45, 7) is 2.26. The number of nitrogens with two attached hydrogens (primary N) is 1. The minimum Gasteiger partial charge on any atom is -0.494 e. The Morgan fingerprint density at radius 3 is 2.75 bits per heavy atom. The molecule has 0 amide bonds. The highest BCUT2D eigenvalue weighted by molar-refractivity contribution is 5.20. The minimum absolute atomic E-state index is 0.687. The molecule has 1 aromatic carbocycles. The van der Waals surface area contributed by atoms with Crippen molar-refractivity contribution < 1.29 is 4.74 Å². The SMILES string of the molecule is NCCCCc1cn(CCCOc2ccccc2)nn1. The number of hydrogen-bond acceptors (Lipinski definition) is 4. The van der Waals surface area contributed by atoms with Crippen molar-refractivity contribution in [3.8, 4) is 5.75 Å². The maximum absolute atomic E-state index is 5.64. The van der Waals surface area contributed by atoms with Crippen molar-refractivity contribution in [2.24, 2.45) is 5.73 Å². The number of aryl methyl sites for hydroxylation is 2. The van der Waals surface area contributed by atoms with E-state index in [0.717, 1.165) is 50.2 Å². The van der Waals surface area contributed by atoms with E-state index < -0.39 is 0 Å². The predicted octanol–water partition coefficient (Wildman–Crippen LogP) is 2.03. The fraction of sp³-hybridized carbons (Fsp3) is 0.467. The van der Waals surface area contributed by atoms with Crippen LogP contribution in [0.4, 0.5) is 0 Å². The van der Waals surface area contributed by atoms with Crippen LogP contribution in [0, 0.1) is 0 Å². The van der Waals surface area contributed by atoms with Crippen molar-refractivity contribution >= 4 is 0 Å². The van der Waals surface area contributed by atoms with Gasteiger partial charge in [-0.15, -0.1) is 5.10 Å². The van der Waals surface area contributed by atoms with Crippen LogP contribution in [0.5, 0.6) is 5.75 Å². The summed E-state index contributed by atoms with van der Waals surface area (Å²) in [5.74, 6) is 0.911. The molecule has 0 radical (unpaired) electrons. The van der Waals surface area contributed by atoms with Gasteiger partial charge in [0.1, 0.15) is 5.75 Å². The summed E-state index contributed by atoms with van der Waals surface area (Å²) in [6, 6.07) is 9.85. The number of unbranched alkanes of at least 4 members (excludes halogenated alkanes) is 1. The Labute approximate surface area is 119 Å². The third kappa shape index (κ3) is 5.01. The van der Waals surface area contributed by atoms with E-state index in [4.69, 9.17) is 10.5 Å². The molecule has 0 aliphatic carbocycles. The maximum Gasteiger partial charge on any atom is 0.119 e. The summed E-state index contributed by atoms with van der Waals surface area (Å²) in [5.41, 5.74) is 6.52. The van der Waals surface area contributed by atoms with Gasteiger partial charge >= 0.3 is 0 Å². The monoisotopic (exact) mass is 274 g/mol. The van der Waals surface area contributed by atoms with Gasteiger partial charge in [0.25, 0.3) is 0 Å². The number of hydrogen-bond donors (Lipinski definition) is 1. The lowest BCUT2D eigenvalue weighted by Crippen LogP contribution is -2.05. The van der Waals surface area contributed by atoms with E-state index in [1.165, 1.54) is 0 Å². The van der Waals surface area contributed by atoms with Gasteiger partial charge in [-0.3, -0.25) is 4.68 Å². The summed E-state index contributed by atoms with van der Waals surface area (Å²) < 4.78 is 7.52. The summed E-state index contributed by atoms with van der Waals surface area (Å²) in [7, 11) is 0. The van der Waals surface area contributed by atoms with Crippen molar-refractivity contribution in [1.29, 1.82) is 0 Å². The second kappa shape index (κ2) is 8.32. The van der Waals surface area contributed by atoms with Gasteiger partial charge in [0.05, 0.1) is 12.3 Å². The van der Waals surface area contributed by atoms with E-state index in [9.17, 15) is 0 Å². The van der Waals surface area contributed by atoms with Crippen molar-refractivity contribution in [3.05, 3.63) is 42.2 Å². The average Bonchev–Trinajstić information content (AvgIpc) is 2.93. The Bertz CT molecular complexity index is 484. The van der Waals surface area contributed by atoms with Crippen LogP contribution in [0.25, 0.3) is 0 Å². The molecule has 108 valence electrons. The average molecular weight is 274 g/mol. The predicted molar refractivity (Wildman–Crippen MR) is 78.6 cm³/mol. The van der Waals surface area contributed by atoms with E-state index in [-0.39, 0.29) is 0 Å². The van der Waals surface area contributed by atoms with Crippen molar-refractivity contribution in [2.45, 2.75) is 32.2 Å². The van der Waals surface area contributed by atoms with Crippen LogP contribution in [0.3, 0.4) is 0 Å². The van der Waals surface area contributed by atoms with E-state index in [2.05, 4.69) is 10.3 Å². The fourth-order valence-corrected chi connectivity index (χ4v) is 1.95. The van der Waals surface area contributed by atoms with Crippen LogP contribution >= 0.6 is 0 Å².